The van der Waals surface area contributed by atoms with Gasteiger partial charge in [-0.05, 0) is 32.2 Å². The summed E-state index contributed by atoms with van der Waals surface area (Å²) in [5.41, 5.74) is 1.25. The molecule has 1 atom stereocenters. The topological polar surface area (TPSA) is 34.1 Å². The first-order valence-electron chi connectivity index (χ1n) is 6.80. The maximum absolute atomic E-state index is 5.36. The molecule has 0 bridgehead atoms. The third-order valence-corrected chi connectivity index (χ3v) is 4.07. The lowest BCUT2D eigenvalue weighted by atomic mass is 10.1. The molecule has 0 aromatic carbocycles. The molecule has 0 radical (unpaired) electrons. The van der Waals surface area contributed by atoms with E-state index in [0.29, 0.717) is 5.92 Å². The number of rotatable bonds is 8. The van der Waals surface area contributed by atoms with Crippen molar-refractivity contribution in [3.8, 4) is 0 Å². The van der Waals surface area contributed by atoms with Gasteiger partial charge in [0.15, 0.2) is 0 Å². The monoisotopic (exact) mass is 270 g/mol. The Morgan fingerprint density at radius 1 is 1.33 bits per heavy atom. The molecule has 1 rings (SSSR count). The van der Waals surface area contributed by atoms with Gasteiger partial charge in [-0.25, -0.2) is 4.98 Å². The summed E-state index contributed by atoms with van der Waals surface area (Å²) in [4.78, 5) is 6.12. The van der Waals surface area contributed by atoms with Crippen LogP contribution in [-0.4, -0.2) is 18.6 Å². The minimum Gasteiger partial charge on any atom is -0.375 e. The Bertz CT molecular complexity index is 350. The Labute approximate surface area is 115 Å². The van der Waals surface area contributed by atoms with E-state index in [2.05, 4.69) is 33.0 Å². The van der Waals surface area contributed by atoms with E-state index in [9.17, 15) is 0 Å². The Morgan fingerprint density at radius 3 is 2.61 bits per heavy atom. The van der Waals surface area contributed by atoms with Gasteiger partial charge in [0.25, 0.3) is 0 Å². The summed E-state index contributed by atoms with van der Waals surface area (Å²) in [5, 5.41) is 4.56. The molecule has 4 heteroatoms. The van der Waals surface area contributed by atoms with Crippen LogP contribution in [0.2, 0.25) is 0 Å². The minimum absolute atomic E-state index is 0.0980. The van der Waals surface area contributed by atoms with Crippen molar-refractivity contribution in [1.82, 2.24) is 10.3 Å². The van der Waals surface area contributed by atoms with Crippen LogP contribution in [0.5, 0.6) is 0 Å². The SMILES string of the molecule is CCCNCc1sc(C(C)OC)nc1CC(C)C. The molecule has 0 saturated heterocycles. The highest BCUT2D eigenvalue weighted by molar-refractivity contribution is 7.11. The van der Waals surface area contributed by atoms with Gasteiger partial charge in [0, 0.05) is 18.5 Å². The van der Waals surface area contributed by atoms with Crippen molar-refractivity contribution >= 4 is 11.3 Å². The van der Waals surface area contributed by atoms with Crippen molar-refractivity contribution in [3.05, 3.63) is 15.6 Å². The number of hydrogen-bond acceptors (Lipinski definition) is 4. The number of nitrogens with one attached hydrogen (secondary N) is 1. The van der Waals surface area contributed by atoms with E-state index in [4.69, 9.17) is 9.72 Å². The second kappa shape index (κ2) is 7.87. The minimum atomic E-state index is 0.0980. The molecule has 3 nitrogen and oxygen atoms in total. The highest BCUT2D eigenvalue weighted by Crippen LogP contribution is 2.27. The number of ether oxygens (including phenoxy) is 1. The number of hydrogen-bond donors (Lipinski definition) is 1. The van der Waals surface area contributed by atoms with E-state index in [1.807, 2.05) is 0 Å². The maximum atomic E-state index is 5.36. The highest BCUT2D eigenvalue weighted by Gasteiger charge is 2.16. The largest absolute Gasteiger partial charge is 0.375 e. The van der Waals surface area contributed by atoms with Gasteiger partial charge >= 0.3 is 0 Å². The molecule has 1 aromatic rings. The van der Waals surface area contributed by atoms with Gasteiger partial charge in [-0.3, -0.25) is 0 Å². The summed E-state index contributed by atoms with van der Waals surface area (Å²) in [6.45, 7) is 10.7. The van der Waals surface area contributed by atoms with Gasteiger partial charge < -0.3 is 10.1 Å². The summed E-state index contributed by atoms with van der Waals surface area (Å²) in [6, 6.07) is 0. The lowest BCUT2D eigenvalue weighted by molar-refractivity contribution is 0.119. The Balaban J connectivity index is 2.79. The predicted molar refractivity (Wildman–Crippen MR) is 78.1 cm³/mol. The van der Waals surface area contributed by atoms with Gasteiger partial charge in [-0.2, -0.15) is 0 Å². The van der Waals surface area contributed by atoms with Gasteiger partial charge in [-0.1, -0.05) is 20.8 Å². The molecule has 1 aromatic heterocycles. The van der Waals surface area contributed by atoms with E-state index >= 15 is 0 Å². The standard InChI is InChI=1S/C14H26N2OS/c1-6-7-15-9-13-12(8-10(2)3)16-14(18-13)11(4)17-5/h10-11,15H,6-9H2,1-5H3. The molecule has 0 aliphatic heterocycles. The normalized spacial score (nSPS) is 13.2. The molecule has 0 aliphatic rings. The van der Waals surface area contributed by atoms with Crippen LogP contribution in [0.25, 0.3) is 0 Å². The van der Waals surface area contributed by atoms with Crippen molar-refractivity contribution in [2.75, 3.05) is 13.7 Å². The van der Waals surface area contributed by atoms with Crippen LogP contribution in [0.3, 0.4) is 0 Å². The van der Waals surface area contributed by atoms with Crippen molar-refractivity contribution in [2.24, 2.45) is 5.92 Å². The molecule has 1 unspecified atom stereocenters. The Morgan fingerprint density at radius 2 is 2.06 bits per heavy atom. The first-order chi connectivity index (χ1) is 8.58. The van der Waals surface area contributed by atoms with Crippen molar-refractivity contribution in [3.63, 3.8) is 0 Å². The highest BCUT2D eigenvalue weighted by atomic mass is 32.1. The number of methoxy groups -OCH3 is 1. The molecule has 0 saturated carbocycles. The van der Waals surface area contributed by atoms with E-state index < -0.39 is 0 Å². The van der Waals surface area contributed by atoms with Gasteiger partial charge in [0.05, 0.1) is 5.69 Å². The fourth-order valence-electron chi connectivity index (χ4n) is 1.74. The number of nitrogens with zero attached hydrogens (tertiary/aromatic N) is 1. The third-order valence-electron chi connectivity index (χ3n) is 2.81. The molecule has 18 heavy (non-hydrogen) atoms. The van der Waals surface area contributed by atoms with Crippen molar-refractivity contribution in [1.29, 1.82) is 0 Å². The van der Waals surface area contributed by atoms with E-state index in [1.54, 1.807) is 18.4 Å². The molecule has 1 N–H and O–H groups in total. The zero-order chi connectivity index (χ0) is 13.5. The van der Waals surface area contributed by atoms with Crippen LogP contribution < -0.4 is 5.32 Å². The van der Waals surface area contributed by atoms with E-state index in [-0.39, 0.29) is 6.10 Å². The van der Waals surface area contributed by atoms with E-state index in [1.165, 1.54) is 17.0 Å². The average Bonchev–Trinajstić information content (AvgIpc) is 2.71. The van der Waals surface area contributed by atoms with Crippen LogP contribution in [0, 0.1) is 5.92 Å². The molecule has 104 valence electrons. The quantitative estimate of drug-likeness (QED) is 0.734. The fraction of sp³-hybridized carbons (Fsp3) is 0.786. The fourth-order valence-corrected chi connectivity index (χ4v) is 2.83. The lowest BCUT2D eigenvalue weighted by Gasteiger charge is -2.05. The smallest absolute Gasteiger partial charge is 0.122 e. The van der Waals surface area contributed by atoms with Gasteiger partial charge in [-0.15, -0.1) is 11.3 Å². The van der Waals surface area contributed by atoms with Gasteiger partial charge in [0.1, 0.15) is 11.1 Å². The summed E-state index contributed by atoms with van der Waals surface area (Å²) >= 11 is 1.79. The van der Waals surface area contributed by atoms with Crippen molar-refractivity contribution in [2.45, 2.75) is 53.2 Å². The molecule has 0 amide bonds. The summed E-state index contributed by atoms with van der Waals surface area (Å²) in [5.74, 6) is 0.641. The Kier molecular flexibility index (Phi) is 6.82. The first kappa shape index (κ1) is 15.6. The zero-order valence-electron chi connectivity index (χ0n) is 12.2. The second-order valence-electron chi connectivity index (χ2n) is 5.07. The van der Waals surface area contributed by atoms with Crippen LogP contribution in [-0.2, 0) is 17.7 Å². The Hall–Kier alpha value is -0.450. The maximum Gasteiger partial charge on any atom is 0.122 e. The first-order valence-corrected chi connectivity index (χ1v) is 7.62. The lowest BCUT2D eigenvalue weighted by Crippen LogP contribution is -2.14. The molecule has 1 heterocycles. The zero-order valence-corrected chi connectivity index (χ0v) is 13.1. The van der Waals surface area contributed by atoms with Crippen LogP contribution in [0.1, 0.15) is 55.8 Å². The summed E-state index contributed by atoms with van der Waals surface area (Å²) < 4.78 is 5.36. The molecular weight excluding hydrogens is 244 g/mol. The van der Waals surface area contributed by atoms with Gasteiger partial charge in [0.2, 0.25) is 0 Å². The summed E-state index contributed by atoms with van der Waals surface area (Å²) in [7, 11) is 1.74. The molecule has 0 aliphatic carbocycles. The third kappa shape index (κ3) is 4.67. The van der Waals surface area contributed by atoms with Crippen LogP contribution in [0.15, 0.2) is 0 Å². The molecular formula is C14H26N2OS. The molecule has 0 spiro atoms. The number of aromatic nitrogens is 1. The van der Waals surface area contributed by atoms with Crippen LogP contribution in [0.4, 0.5) is 0 Å². The average molecular weight is 270 g/mol. The second-order valence-corrected chi connectivity index (χ2v) is 6.19. The predicted octanol–water partition coefficient (Wildman–Crippen LogP) is 3.55. The summed E-state index contributed by atoms with van der Waals surface area (Å²) in [6.07, 6.45) is 2.32. The molecule has 0 fully saturated rings. The van der Waals surface area contributed by atoms with Crippen LogP contribution >= 0.6 is 11.3 Å². The number of thiazole rings is 1. The van der Waals surface area contributed by atoms with Crippen molar-refractivity contribution < 1.29 is 4.74 Å². The van der Waals surface area contributed by atoms with E-state index in [0.717, 1.165) is 24.5 Å².